The molecule has 5 nitrogen and oxygen atoms in total. The van der Waals surface area contributed by atoms with E-state index in [1.165, 1.54) is 0 Å². The van der Waals surface area contributed by atoms with E-state index in [4.69, 9.17) is 10.5 Å². The third-order valence-corrected chi connectivity index (χ3v) is 4.23. The van der Waals surface area contributed by atoms with E-state index in [9.17, 15) is 9.59 Å². The first-order valence-electron chi connectivity index (χ1n) is 6.82. The maximum absolute atomic E-state index is 11.0. The SMILES string of the molecule is CN(C)C1(CC(C)(C)OC(N)=O)CCC(C=O)CC1. The topological polar surface area (TPSA) is 72.6 Å². The predicted molar refractivity (Wildman–Crippen MR) is 73.8 cm³/mol. The summed E-state index contributed by atoms with van der Waals surface area (Å²) in [5.41, 5.74) is 4.50. The zero-order valence-corrected chi connectivity index (χ0v) is 12.4. The van der Waals surface area contributed by atoms with E-state index in [0.29, 0.717) is 0 Å². The van der Waals surface area contributed by atoms with Gasteiger partial charge in [0.2, 0.25) is 0 Å². The molecule has 2 N–H and O–H groups in total. The summed E-state index contributed by atoms with van der Waals surface area (Å²) in [6.07, 6.45) is 4.72. The summed E-state index contributed by atoms with van der Waals surface area (Å²) in [5, 5.41) is 0. The Morgan fingerprint density at radius 2 is 1.95 bits per heavy atom. The molecule has 0 aromatic carbocycles. The van der Waals surface area contributed by atoms with E-state index < -0.39 is 11.7 Å². The molecule has 1 rings (SSSR count). The van der Waals surface area contributed by atoms with Crippen LogP contribution in [0.3, 0.4) is 0 Å². The number of amides is 1. The normalized spacial score (nSPS) is 28.2. The van der Waals surface area contributed by atoms with Gasteiger partial charge in [-0.1, -0.05) is 0 Å². The number of rotatable bonds is 5. The van der Waals surface area contributed by atoms with Crippen LogP contribution in [0, 0.1) is 5.92 Å². The first-order chi connectivity index (χ1) is 8.71. The average molecular weight is 270 g/mol. The van der Waals surface area contributed by atoms with Gasteiger partial charge in [-0.05, 0) is 53.6 Å². The number of aldehydes is 1. The van der Waals surface area contributed by atoms with Gasteiger partial charge >= 0.3 is 6.09 Å². The quantitative estimate of drug-likeness (QED) is 0.775. The molecule has 0 saturated heterocycles. The Balaban J connectivity index is 2.78. The van der Waals surface area contributed by atoms with Crippen molar-refractivity contribution in [3.63, 3.8) is 0 Å². The molecule has 1 saturated carbocycles. The van der Waals surface area contributed by atoms with Crippen LogP contribution in [0.4, 0.5) is 4.79 Å². The van der Waals surface area contributed by atoms with Crippen molar-refractivity contribution in [2.45, 2.75) is 57.1 Å². The first kappa shape index (κ1) is 16.0. The van der Waals surface area contributed by atoms with E-state index in [2.05, 4.69) is 4.90 Å². The van der Waals surface area contributed by atoms with Crippen LogP contribution in [0.2, 0.25) is 0 Å². The van der Waals surface area contributed by atoms with Gasteiger partial charge in [0.05, 0.1) is 0 Å². The Morgan fingerprint density at radius 1 is 1.42 bits per heavy atom. The number of nitrogens with two attached hydrogens (primary N) is 1. The van der Waals surface area contributed by atoms with Gasteiger partial charge in [0, 0.05) is 17.9 Å². The lowest BCUT2D eigenvalue weighted by Gasteiger charge is -2.47. The Labute approximate surface area is 115 Å². The third-order valence-electron chi connectivity index (χ3n) is 4.23. The molecule has 0 heterocycles. The number of carbonyl (C=O) groups is 2. The van der Waals surface area contributed by atoms with Crippen molar-refractivity contribution in [3.05, 3.63) is 0 Å². The second-order valence-electron chi connectivity index (χ2n) is 6.45. The molecule has 1 aliphatic carbocycles. The van der Waals surface area contributed by atoms with Crippen molar-refractivity contribution in [2.75, 3.05) is 14.1 Å². The number of carbonyl (C=O) groups excluding carboxylic acids is 2. The van der Waals surface area contributed by atoms with E-state index in [0.717, 1.165) is 38.4 Å². The molecule has 0 aromatic heterocycles. The highest BCUT2D eigenvalue weighted by molar-refractivity contribution is 5.65. The summed E-state index contributed by atoms with van der Waals surface area (Å²) in [6.45, 7) is 3.77. The first-order valence-corrected chi connectivity index (χ1v) is 6.82. The summed E-state index contributed by atoms with van der Waals surface area (Å²) in [4.78, 5) is 24.0. The highest BCUT2D eigenvalue weighted by atomic mass is 16.6. The Bertz CT molecular complexity index is 332. The van der Waals surface area contributed by atoms with Crippen molar-refractivity contribution < 1.29 is 14.3 Å². The number of hydrogen-bond donors (Lipinski definition) is 1. The molecule has 1 fully saturated rings. The largest absolute Gasteiger partial charge is 0.444 e. The second-order valence-corrected chi connectivity index (χ2v) is 6.45. The summed E-state index contributed by atoms with van der Waals surface area (Å²) in [5.74, 6) is 0.174. The molecule has 0 atom stereocenters. The Morgan fingerprint density at radius 3 is 2.32 bits per heavy atom. The summed E-state index contributed by atoms with van der Waals surface area (Å²) in [6, 6.07) is 0. The monoisotopic (exact) mass is 270 g/mol. The molecule has 0 unspecified atom stereocenters. The molecule has 0 spiro atoms. The number of primary amides is 1. The van der Waals surface area contributed by atoms with Crippen LogP contribution >= 0.6 is 0 Å². The van der Waals surface area contributed by atoms with E-state index in [1.54, 1.807) is 0 Å². The molecule has 19 heavy (non-hydrogen) atoms. The lowest BCUT2D eigenvalue weighted by atomic mass is 9.71. The van der Waals surface area contributed by atoms with Crippen molar-refractivity contribution >= 4 is 12.4 Å². The minimum absolute atomic E-state index is 0.0293. The van der Waals surface area contributed by atoms with Gasteiger partial charge in [-0.2, -0.15) is 0 Å². The standard InChI is InChI=1S/C14H26N2O3/c1-13(2,19-12(15)18)10-14(16(3)4)7-5-11(9-17)6-8-14/h9,11H,5-8,10H2,1-4H3,(H2,15,18). The fourth-order valence-corrected chi connectivity index (χ4v) is 3.20. The van der Waals surface area contributed by atoms with Crippen LogP contribution in [-0.4, -0.2) is 42.5 Å². The smallest absolute Gasteiger partial charge is 0.405 e. The molecular weight excluding hydrogens is 244 g/mol. The molecule has 1 aliphatic rings. The Kier molecular flexibility index (Phi) is 4.96. The predicted octanol–water partition coefficient (Wildman–Crippen LogP) is 1.94. The molecule has 0 aromatic rings. The van der Waals surface area contributed by atoms with Crippen molar-refractivity contribution in [3.8, 4) is 0 Å². The number of nitrogens with zero attached hydrogens (tertiary/aromatic N) is 1. The number of hydrogen-bond acceptors (Lipinski definition) is 4. The summed E-state index contributed by atoms with van der Waals surface area (Å²) in [7, 11) is 4.09. The summed E-state index contributed by atoms with van der Waals surface area (Å²) < 4.78 is 5.21. The van der Waals surface area contributed by atoms with Crippen LogP contribution in [0.25, 0.3) is 0 Å². The van der Waals surface area contributed by atoms with Crippen LogP contribution < -0.4 is 5.73 Å². The van der Waals surface area contributed by atoms with E-state index in [-0.39, 0.29) is 11.5 Å². The van der Waals surface area contributed by atoms with Gasteiger partial charge in [-0.25, -0.2) is 4.79 Å². The molecular formula is C14H26N2O3. The van der Waals surface area contributed by atoms with Gasteiger partial charge in [0.1, 0.15) is 11.9 Å². The maximum atomic E-state index is 11.0. The van der Waals surface area contributed by atoms with Crippen molar-refractivity contribution in [2.24, 2.45) is 11.7 Å². The molecule has 5 heteroatoms. The fourth-order valence-electron chi connectivity index (χ4n) is 3.20. The zero-order chi connectivity index (χ0) is 14.7. The number of ether oxygens (including phenoxy) is 1. The van der Waals surface area contributed by atoms with Crippen molar-refractivity contribution in [1.82, 2.24) is 4.90 Å². The third kappa shape index (κ3) is 4.20. The lowest BCUT2D eigenvalue weighted by Crippen LogP contribution is -2.52. The van der Waals surface area contributed by atoms with Gasteiger partial charge < -0.3 is 20.2 Å². The minimum Gasteiger partial charge on any atom is -0.444 e. The van der Waals surface area contributed by atoms with Gasteiger partial charge in [0.25, 0.3) is 0 Å². The highest BCUT2D eigenvalue weighted by Gasteiger charge is 2.42. The molecule has 110 valence electrons. The molecule has 0 radical (unpaired) electrons. The molecule has 1 amide bonds. The van der Waals surface area contributed by atoms with Gasteiger partial charge in [0.15, 0.2) is 0 Å². The molecule has 0 bridgehead atoms. The van der Waals surface area contributed by atoms with Gasteiger partial charge in [-0.15, -0.1) is 0 Å². The van der Waals surface area contributed by atoms with Crippen molar-refractivity contribution in [1.29, 1.82) is 0 Å². The van der Waals surface area contributed by atoms with E-state index >= 15 is 0 Å². The lowest BCUT2D eigenvalue weighted by molar-refractivity contribution is -0.113. The van der Waals surface area contributed by atoms with E-state index in [1.807, 2.05) is 27.9 Å². The average Bonchev–Trinajstić information content (AvgIpc) is 2.27. The maximum Gasteiger partial charge on any atom is 0.405 e. The Hall–Kier alpha value is -1.10. The minimum atomic E-state index is -0.736. The fraction of sp³-hybridized carbons (Fsp3) is 0.857. The summed E-state index contributed by atoms with van der Waals surface area (Å²) >= 11 is 0. The molecule has 0 aliphatic heterocycles. The van der Waals surface area contributed by atoms with Gasteiger partial charge in [-0.3, -0.25) is 0 Å². The van der Waals surface area contributed by atoms with Crippen LogP contribution in [-0.2, 0) is 9.53 Å². The zero-order valence-electron chi connectivity index (χ0n) is 12.4. The van der Waals surface area contributed by atoms with Crippen LogP contribution in [0.15, 0.2) is 0 Å². The highest BCUT2D eigenvalue weighted by Crippen LogP contribution is 2.40. The second kappa shape index (κ2) is 5.90. The van der Waals surface area contributed by atoms with Crippen LogP contribution in [0.1, 0.15) is 46.0 Å². The van der Waals surface area contributed by atoms with Crippen LogP contribution in [0.5, 0.6) is 0 Å².